The first kappa shape index (κ1) is 12.5. The minimum absolute atomic E-state index is 0.361. The van der Waals surface area contributed by atoms with Gasteiger partial charge in [-0.05, 0) is 51.0 Å². The summed E-state index contributed by atoms with van der Waals surface area (Å²) < 4.78 is 0. The van der Waals surface area contributed by atoms with Crippen LogP contribution in [0.4, 0.5) is 0 Å². The number of carbonyl (C=O) groups is 1. The van der Waals surface area contributed by atoms with Crippen molar-refractivity contribution in [3.8, 4) is 0 Å². The van der Waals surface area contributed by atoms with Crippen LogP contribution in [0.15, 0.2) is 0 Å². The van der Waals surface area contributed by atoms with Crippen molar-refractivity contribution in [1.82, 2.24) is 10.2 Å². The summed E-state index contributed by atoms with van der Waals surface area (Å²) in [5, 5.41) is 3.62. The van der Waals surface area contributed by atoms with E-state index < -0.39 is 0 Å². The van der Waals surface area contributed by atoms with Gasteiger partial charge in [-0.15, -0.1) is 0 Å². The molecular formula is C15H26N2O. The number of nitrogens with one attached hydrogen (secondary N) is 1. The predicted molar refractivity (Wildman–Crippen MR) is 72.3 cm³/mol. The normalized spacial score (nSPS) is 34.1. The van der Waals surface area contributed by atoms with Crippen LogP contribution in [0.25, 0.3) is 0 Å². The molecule has 0 aromatic heterocycles. The van der Waals surface area contributed by atoms with Gasteiger partial charge >= 0.3 is 0 Å². The van der Waals surface area contributed by atoms with Crippen LogP contribution >= 0.6 is 0 Å². The Morgan fingerprint density at radius 2 is 1.83 bits per heavy atom. The Bertz CT molecular complexity index is 293. The van der Waals surface area contributed by atoms with E-state index in [0.717, 1.165) is 25.9 Å². The lowest BCUT2D eigenvalue weighted by molar-refractivity contribution is -0.137. The molecule has 0 bridgehead atoms. The molecule has 3 nitrogen and oxygen atoms in total. The van der Waals surface area contributed by atoms with Crippen LogP contribution in [0.1, 0.15) is 51.4 Å². The molecule has 0 aromatic carbocycles. The monoisotopic (exact) mass is 250 g/mol. The first-order valence-corrected chi connectivity index (χ1v) is 7.87. The average Bonchev–Trinajstić information content (AvgIpc) is 3.11. The van der Waals surface area contributed by atoms with E-state index in [1.165, 1.54) is 45.1 Å². The number of amides is 1. The summed E-state index contributed by atoms with van der Waals surface area (Å²) in [5.41, 5.74) is 0. The highest BCUT2D eigenvalue weighted by Crippen LogP contribution is 2.30. The highest BCUT2D eigenvalue weighted by molar-refractivity contribution is 5.79. The molecule has 0 radical (unpaired) electrons. The number of hydrogen-bond donors (Lipinski definition) is 1. The van der Waals surface area contributed by atoms with E-state index >= 15 is 0 Å². The maximum atomic E-state index is 12.5. The molecule has 3 rings (SSSR count). The Labute approximate surface area is 110 Å². The molecular weight excluding hydrogens is 224 g/mol. The van der Waals surface area contributed by atoms with Gasteiger partial charge in [0.25, 0.3) is 0 Å². The van der Waals surface area contributed by atoms with Gasteiger partial charge in [0.15, 0.2) is 0 Å². The Kier molecular flexibility index (Phi) is 3.88. The molecule has 2 unspecified atom stereocenters. The summed E-state index contributed by atoms with van der Waals surface area (Å²) in [6.45, 7) is 3.21. The van der Waals surface area contributed by atoms with Crippen LogP contribution in [0.3, 0.4) is 0 Å². The fourth-order valence-electron chi connectivity index (χ4n) is 4.08. The summed E-state index contributed by atoms with van der Waals surface area (Å²) in [4.78, 5) is 14.7. The van der Waals surface area contributed by atoms with E-state index in [2.05, 4.69) is 10.2 Å². The van der Waals surface area contributed by atoms with Gasteiger partial charge in [-0.2, -0.15) is 0 Å². The molecule has 2 atom stereocenters. The number of carbonyl (C=O) groups excluding carboxylic acids is 1. The summed E-state index contributed by atoms with van der Waals surface area (Å²) in [6, 6.07) is 0.684. The van der Waals surface area contributed by atoms with E-state index in [-0.39, 0.29) is 0 Å². The summed E-state index contributed by atoms with van der Waals surface area (Å²) in [7, 11) is 0. The predicted octanol–water partition coefficient (Wildman–Crippen LogP) is 2.17. The van der Waals surface area contributed by atoms with Crippen molar-refractivity contribution in [3.05, 3.63) is 0 Å². The second kappa shape index (κ2) is 5.60. The summed E-state index contributed by atoms with van der Waals surface area (Å²) in [6.07, 6.45) is 9.96. The molecule has 3 heteroatoms. The van der Waals surface area contributed by atoms with Gasteiger partial charge in [-0.25, -0.2) is 0 Å². The van der Waals surface area contributed by atoms with Crippen LogP contribution in [-0.4, -0.2) is 36.5 Å². The molecule has 3 fully saturated rings. The highest BCUT2D eigenvalue weighted by atomic mass is 16.2. The quantitative estimate of drug-likeness (QED) is 0.814. The van der Waals surface area contributed by atoms with E-state index in [9.17, 15) is 4.79 Å². The highest BCUT2D eigenvalue weighted by Gasteiger charge is 2.33. The Hall–Kier alpha value is -0.570. The molecule has 3 aliphatic rings. The topological polar surface area (TPSA) is 32.3 Å². The average molecular weight is 250 g/mol. The van der Waals surface area contributed by atoms with Crippen LogP contribution in [-0.2, 0) is 4.79 Å². The lowest BCUT2D eigenvalue weighted by Crippen LogP contribution is -2.47. The Balaban J connectivity index is 1.57. The zero-order valence-corrected chi connectivity index (χ0v) is 11.4. The van der Waals surface area contributed by atoms with Crippen LogP contribution < -0.4 is 5.32 Å². The number of nitrogens with zero attached hydrogens (tertiary/aromatic N) is 1. The van der Waals surface area contributed by atoms with Crippen molar-refractivity contribution in [2.45, 2.75) is 57.4 Å². The number of hydrogen-bond acceptors (Lipinski definition) is 2. The Morgan fingerprint density at radius 1 is 1.00 bits per heavy atom. The van der Waals surface area contributed by atoms with Gasteiger partial charge in [0.05, 0.1) is 0 Å². The fraction of sp³-hybridized carbons (Fsp3) is 0.933. The van der Waals surface area contributed by atoms with Crippen LogP contribution in [0.2, 0.25) is 0 Å². The van der Waals surface area contributed by atoms with E-state index in [0.29, 0.717) is 23.8 Å². The van der Waals surface area contributed by atoms with Gasteiger partial charge in [-0.1, -0.05) is 12.8 Å². The van der Waals surface area contributed by atoms with Gasteiger partial charge in [0, 0.05) is 25.0 Å². The Morgan fingerprint density at radius 3 is 2.56 bits per heavy atom. The maximum absolute atomic E-state index is 12.5. The standard InChI is InChI=1S/C15H26N2O/c18-15(12-5-1-2-6-12)17-10-4-7-13(11-17)14-8-3-9-16-14/h12-14,16H,1-11H2. The molecule has 1 amide bonds. The third-order valence-electron chi connectivity index (χ3n) is 5.14. The first-order valence-electron chi connectivity index (χ1n) is 7.87. The molecule has 102 valence electrons. The van der Waals surface area contributed by atoms with E-state index in [4.69, 9.17) is 0 Å². The van der Waals surface area contributed by atoms with Gasteiger partial charge in [-0.3, -0.25) is 4.79 Å². The van der Waals surface area contributed by atoms with E-state index in [1.807, 2.05) is 0 Å². The SMILES string of the molecule is O=C(C1CCCC1)N1CCCC(C2CCCN2)C1. The second-order valence-electron chi connectivity index (χ2n) is 6.37. The molecule has 1 aliphatic carbocycles. The molecule has 0 aromatic rings. The number of likely N-dealkylation sites (tertiary alicyclic amines) is 1. The number of rotatable bonds is 2. The lowest BCUT2D eigenvalue weighted by atomic mass is 9.89. The minimum atomic E-state index is 0.361. The lowest BCUT2D eigenvalue weighted by Gasteiger charge is -2.37. The van der Waals surface area contributed by atoms with Gasteiger partial charge in [0.1, 0.15) is 0 Å². The van der Waals surface area contributed by atoms with Crippen molar-refractivity contribution in [1.29, 1.82) is 0 Å². The van der Waals surface area contributed by atoms with Crippen molar-refractivity contribution < 1.29 is 4.79 Å². The molecule has 2 saturated heterocycles. The second-order valence-corrected chi connectivity index (χ2v) is 6.37. The molecule has 1 N–H and O–H groups in total. The minimum Gasteiger partial charge on any atom is -0.342 e. The van der Waals surface area contributed by atoms with Crippen molar-refractivity contribution in [2.75, 3.05) is 19.6 Å². The van der Waals surface area contributed by atoms with E-state index in [1.54, 1.807) is 0 Å². The smallest absolute Gasteiger partial charge is 0.225 e. The van der Waals surface area contributed by atoms with Crippen LogP contribution in [0, 0.1) is 11.8 Å². The molecule has 2 heterocycles. The van der Waals surface area contributed by atoms with Crippen LogP contribution in [0.5, 0.6) is 0 Å². The number of piperidine rings is 1. The maximum Gasteiger partial charge on any atom is 0.225 e. The molecule has 0 spiro atoms. The first-order chi connectivity index (χ1) is 8.84. The largest absolute Gasteiger partial charge is 0.342 e. The summed E-state index contributed by atoms with van der Waals surface area (Å²) in [5.74, 6) is 1.54. The zero-order valence-electron chi connectivity index (χ0n) is 11.4. The summed E-state index contributed by atoms with van der Waals surface area (Å²) >= 11 is 0. The third-order valence-corrected chi connectivity index (χ3v) is 5.14. The molecule has 1 saturated carbocycles. The molecule has 2 aliphatic heterocycles. The third kappa shape index (κ3) is 2.56. The van der Waals surface area contributed by atoms with Gasteiger partial charge < -0.3 is 10.2 Å². The molecule has 18 heavy (non-hydrogen) atoms. The van der Waals surface area contributed by atoms with Crippen molar-refractivity contribution >= 4 is 5.91 Å². The fourth-order valence-corrected chi connectivity index (χ4v) is 4.08. The zero-order chi connectivity index (χ0) is 12.4. The van der Waals surface area contributed by atoms with Gasteiger partial charge in [0.2, 0.25) is 5.91 Å². The van der Waals surface area contributed by atoms with Crippen molar-refractivity contribution in [3.63, 3.8) is 0 Å². The van der Waals surface area contributed by atoms with Crippen molar-refractivity contribution in [2.24, 2.45) is 11.8 Å².